The standard InChI is InChI=1S/C28H26N2O3/c1-3-4-19-32-23-15-11-21(12-16-23)28(31)33-27-18-17-26(24-7-5-6-8-25(24)27)30-29-22-13-9-20(2)10-14-22/h5-18H,3-4,19H2,1-2H3. The number of benzene rings is 4. The highest BCUT2D eigenvalue weighted by Gasteiger charge is 2.13. The van der Waals surface area contributed by atoms with Crippen LogP contribution in [0.15, 0.2) is 95.2 Å². The van der Waals surface area contributed by atoms with E-state index in [1.807, 2.05) is 61.5 Å². The lowest BCUT2D eigenvalue weighted by molar-refractivity contribution is 0.0737. The Morgan fingerprint density at radius 1 is 0.818 bits per heavy atom. The van der Waals surface area contributed by atoms with E-state index >= 15 is 0 Å². The van der Waals surface area contributed by atoms with Crippen molar-refractivity contribution in [1.82, 2.24) is 0 Å². The average molecular weight is 439 g/mol. The Labute approximate surface area is 193 Å². The smallest absolute Gasteiger partial charge is 0.343 e. The summed E-state index contributed by atoms with van der Waals surface area (Å²) in [5, 5.41) is 10.4. The molecule has 4 rings (SSSR count). The molecule has 4 aromatic carbocycles. The molecule has 4 aromatic rings. The second kappa shape index (κ2) is 10.6. The molecule has 0 saturated heterocycles. The predicted octanol–water partition coefficient (Wildman–Crippen LogP) is 7.96. The first kappa shape index (κ1) is 22.2. The van der Waals surface area contributed by atoms with Gasteiger partial charge in [0.2, 0.25) is 0 Å². The Morgan fingerprint density at radius 3 is 2.27 bits per heavy atom. The number of ether oxygens (including phenoxy) is 2. The van der Waals surface area contributed by atoms with Gasteiger partial charge in [-0.15, -0.1) is 5.11 Å². The highest BCUT2D eigenvalue weighted by Crippen LogP contribution is 2.34. The summed E-state index contributed by atoms with van der Waals surface area (Å²) in [6.45, 7) is 4.82. The van der Waals surface area contributed by atoms with E-state index in [4.69, 9.17) is 9.47 Å². The number of aryl methyl sites for hydroxylation is 1. The minimum atomic E-state index is -0.422. The average Bonchev–Trinajstić information content (AvgIpc) is 2.85. The van der Waals surface area contributed by atoms with Gasteiger partial charge in [-0.25, -0.2) is 4.79 Å². The van der Waals surface area contributed by atoms with Crippen LogP contribution in [-0.4, -0.2) is 12.6 Å². The van der Waals surface area contributed by atoms with Crippen molar-refractivity contribution < 1.29 is 14.3 Å². The normalized spacial score (nSPS) is 11.1. The molecule has 0 unspecified atom stereocenters. The van der Waals surface area contributed by atoms with Crippen molar-refractivity contribution in [2.45, 2.75) is 26.7 Å². The molecule has 0 heterocycles. The van der Waals surface area contributed by atoms with Crippen LogP contribution >= 0.6 is 0 Å². The molecule has 0 fully saturated rings. The van der Waals surface area contributed by atoms with Gasteiger partial charge in [0.15, 0.2) is 0 Å². The van der Waals surface area contributed by atoms with Gasteiger partial charge in [-0.05, 0) is 61.9 Å². The van der Waals surface area contributed by atoms with Crippen LogP contribution in [0.4, 0.5) is 11.4 Å². The van der Waals surface area contributed by atoms with Gasteiger partial charge in [-0.1, -0.05) is 55.3 Å². The molecule has 0 radical (unpaired) electrons. The number of unbranched alkanes of at least 4 members (excludes halogenated alkanes) is 1. The Bertz CT molecular complexity index is 1260. The molecule has 0 amide bonds. The molecule has 0 aliphatic heterocycles. The van der Waals surface area contributed by atoms with E-state index in [2.05, 4.69) is 17.2 Å². The second-order valence-corrected chi connectivity index (χ2v) is 7.78. The van der Waals surface area contributed by atoms with Crippen LogP contribution in [0.5, 0.6) is 11.5 Å². The fourth-order valence-corrected chi connectivity index (χ4v) is 3.34. The Morgan fingerprint density at radius 2 is 1.55 bits per heavy atom. The number of rotatable bonds is 8. The van der Waals surface area contributed by atoms with Crippen LogP contribution in [-0.2, 0) is 0 Å². The van der Waals surface area contributed by atoms with Gasteiger partial charge < -0.3 is 9.47 Å². The van der Waals surface area contributed by atoms with E-state index < -0.39 is 5.97 Å². The summed E-state index contributed by atoms with van der Waals surface area (Å²) in [7, 11) is 0. The topological polar surface area (TPSA) is 60.2 Å². The lowest BCUT2D eigenvalue weighted by atomic mass is 10.1. The van der Waals surface area contributed by atoms with Crippen LogP contribution in [0.3, 0.4) is 0 Å². The summed E-state index contributed by atoms with van der Waals surface area (Å²) < 4.78 is 11.4. The van der Waals surface area contributed by atoms with E-state index in [1.54, 1.807) is 30.3 Å². The Kier molecular flexibility index (Phi) is 7.10. The fraction of sp³-hybridized carbons (Fsp3) is 0.179. The number of hydrogen-bond donors (Lipinski definition) is 0. The number of hydrogen-bond acceptors (Lipinski definition) is 5. The summed E-state index contributed by atoms with van der Waals surface area (Å²) in [4.78, 5) is 12.7. The quantitative estimate of drug-likeness (QED) is 0.121. The maximum atomic E-state index is 12.7. The van der Waals surface area contributed by atoms with Crippen LogP contribution < -0.4 is 9.47 Å². The number of carbonyl (C=O) groups is 1. The molecule has 0 aromatic heterocycles. The summed E-state index contributed by atoms with van der Waals surface area (Å²) in [6, 6.07) is 26.1. The number of fused-ring (bicyclic) bond motifs is 1. The molecule has 166 valence electrons. The van der Waals surface area contributed by atoms with Gasteiger partial charge >= 0.3 is 5.97 Å². The molecule has 0 spiro atoms. The van der Waals surface area contributed by atoms with Gasteiger partial charge in [-0.3, -0.25) is 0 Å². The molecule has 5 nitrogen and oxygen atoms in total. The van der Waals surface area contributed by atoms with E-state index in [9.17, 15) is 4.79 Å². The van der Waals surface area contributed by atoms with Crippen molar-refractivity contribution in [2.24, 2.45) is 10.2 Å². The first-order valence-electron chi connectivity index (χ1n) is 11.1. The van der Waals surface area contributed by atoms with Crippen molar-refractivity contribution in [3.8, 4) is 11.5 Å². The molecule has 0 saturated carbocycles. The van der Waals surface area contributed by atoms with Crippen LogP contribution in [0.2, 0.25) is 0 Å². The van der Waals surface area contributed by atoms with Crippen LogP contribution in [0.1, 0.15) is 35.7 Å². The van der Waals surface area contributed by atoms with Gasteiger partial charge in [0.25, 0.3) is 0 Å². The number of esters is 1. The van der Waals surface area contributed by atoms with Gasteiger partial charge in [0.1, 0.15) is 11.5 Å². The summed E-state index contributed by atoms with van der Waals surface area (Å²) in [5.41, 5.74) is 3.12. The maximum Gasteiger partial charge on any atom is 0.343 e. The second-order valence-electron chi connectivity index (χ2n) is 7.78. The summed E-state index contributed by atoms with van der Waals surface area (Å²) >= 11 is 0. The SMILES string of the molecule is CCCCOc1ccc(C(=O)Oc2ccc(N=Nc3ccc(C)cc3)c3ccccc23)cc1. The lowest BCUT2D eigenvalue weighted by Gasteiger charge is -2.10. The van der Waals surface area contributed by atoms with E-state index in [1.165, 1.54) is 5.56 Å². The lowest BCUT2D eigenvalue weighted by Crippen LogP contribution is -2.08. The Balaban J connectivity index is 1.53. The molecule has 0 atom stereocenters. The summed E-state index contributed by atoms with van der Waals surface area (Å²) in [6.07, 6.45) is 2.07. The Hall–Kier alpha value is -3.99. The van der Waals surface area contributed by atoms with E-state index in [0.717, 1.165) is 35.1 Å². The first-order valence-corrected chi connectivity index (χ1v) is 11.1. The fourth-order valence-electron chi connectivity index (χ4n) is 3.34. The van der Waals surface area contributed by atoms with Gasteiger partial charge in [0, 0.05) is 10.8 Å². The number of carbonyl (C=O) groups excluding carboxylic acids is 1. The van der Waals surface area contributed by atoms with Gasteiger partial charge in [0.05, 0.1) is 23.5 Å². The third-order valence-electron chi connectivity index (χ3n) is 5.23. The molecular weight excluding hydrogens is 412 g/mol. The predicted molar refractivity (Wildman–Crippen MR) is 131 cm³/mol. The van der Waals surface area contributed by atoms with Crippen molar-refractivity contribution in [3.05, 3.63) is 96.1 Å². The largest absolute Gasteiger partial charge is 0.494 e. The van der Waals surface area contributed by atoms with Crippen molar-refractivity contribution in [1.29, 1.82) is 0 Å². The van der Waals surface area contributed by atoms with Crippen LogP contribution in [0.25, 0.3) is 10.8 Å². The number of azo groups is 1. The minimum absolute atomic E-state index is 0.422. The van der Waals surface area contributed by atoms with Crippen molar-refractivity contribution >= 4 is 28.1 Å². The zero-order valence-corrected chi connectivity index (χ0v) is 18.8. The van der Waals surface area contributed by atoms with Crippen molar-refractivity contribution in [2.75, 3.05) is 6.61 Å². The third kappa shape index (κ3) is 5.63. The molecule has 0 bridgehead atoms. The monoisotopic (exact) mass is 438 g/mol. The first-order chi connectivity index (χ1) is 16.1. The molecular formula is C28H26N2O3. The molecule has 0 aliphatic rings. The molecule has 0 N–H and O–H groups in total. The van der Waals surface area contributed by atoms with E-state index in [-0.39, 0.29) is 0 Å². The summed E-state index contributed by atoms with van der Waals surface area (Å²) in [5.74, 6) is 0.802. The maximum absolute atomic E-state index is 12.7. The zero-order valence-electron chi connectivity index (χ0n) is 18.8. The third-order valence-corrected chi connectivity index (χ3v) is 5.23. The van der Waals surface area contributed by atoms with E-state index in [0.29, 0.717) is 23.6 Å². The van der Waals surface area contributed by atoms with Crippen molar-refractivity contribution in [3.63, 3.8) is 0 Å². The highest BCUT2D eigenvalue weighted by molar-refractivity contribution is 5.99. The van der Waals surface area contributed by atoms with Gasteiger partial charge in [-0.2, -0.15) is 5.11 Å². The molecule has 5 heteroatoms. The molecule has 33 heavy (non-hydrogen) atoms. The minimum Gasteiger partial charge on any atom is -0.494 e. The zero-order chi connectivity index (χ0) is 23.0. The van der Waals surface area contributed by atoms with Crippen LogP contribution in [0, 0.1) is 6.92 Å². The number of nitrogens with zero attached hydrogens (tertiary/aromatic N) is 2. The molecule has 0 aliphatic carbocycles. The highest BCUT2D eigenvalue weighted by atomic mass is 16.5.